The van der Waals surface area contributed by atoms with E-state index in [2.05, 4.69) is 0 Å². The molecule has 1 aromatic rings. The van der Waals surface area contributed by atoms with E-state index in [1.807, 2.05) is 37.3 Å². The highest BCUT2D eigenvalue weighted by Gasteiger charge is 1.99. The number of rotatable bonds is 3. The van der Waals surface area contributed by atoms with Crippen molar-refractivity contribution in [2.24, 2.45) is 0 Å². The van der Waals surface area contributed by atoms with Crippen LogP contribution in [0.2, 0.25) is 0 Å². The molecular weight excluding hydrogens is 164 g/mol. The number of hydrogen-bond donors (Lipinski definition) is 0. The second-order valence-corrected chi connectivity index (χ2v) is 2.59. The first-order chi connectivity index (χ1) is 6.31. The second kappa shape index (κ2) is 4.55. The number of hydrogen-bond acceptors (Lipinski definition) is 2. The molecule has 0 aliphatic carbocycles. The SMILES string of the molecule is C/C=C(\OC)c1ccc(OC)cc1. The third-order valence-corrected chi connectivity index (χ3v) is 1.86. The van der Waals surface area contributed by atoms with E-state index in [-0.39, 0.29) is 0 Å². The van der Waals surface area contributed by atoms with Crippen LogP contribution in [-0.4, -0.2) is 14.2 Å². The average Bonchev–Trinajstić information content (AvgIpc) is 2.21. The highest BCUT2D eigenvalue weighted by Crippen LogP contribution is 2.18. The van der Waals surface area contributed by atoms with Crippen LogP contribution in [0.3, 0.4) is 0 Å². The van der Waals surface area contributed by atoms with Gasteiger partial charge < -0.3 is 9.47 Å². The van der Waals surface area contributed by atoms with Crippen molar-refractivity contribution in [1.82, 2.24) is 0 Å². The minimum absolute atomic E-state index is 0.857. The van der Waals surface area contributed by atoms with Crippen LogP contribution in [0.15, 0.2) is 30.3 Å². The lowest BCUT2D eigenvalue weighted by molar-refractivity contribution is 0.369. The van der Waals surface area contributed by atoms with Gasteiger partial charge in [-0.25, -0.2) is 0 Å². The molecule has 70 valence electrons. The summed E-state index contributed by atoms with van der Waals surface area (Å²) in [5.74, 6) is 1.73. The summed E-state index contributed by atoms with van der Waals surface area (Å²) in [5, 5.41) is 0. The summed E-state index contributed by atoms with van der Waals surface area (Å²) in [6.07, 6.45) is 1.93. The molecule has 0 spiro atoms. The van der Waals surface area contributed by atoms with E-state index in [1.165, 1.54) is 0 Å². The molecule has 0 saturated heterocycles. The van der Waals surface area contributed by atoms with E-state index in [9.17, 15) is 0 Å². The Morgan fingerprint density at radius 2 is 1.77 bits per heavy atom. The van der Waals surface area contributed by atoms with Crippen LogP contribution in [0.25, 0.3) is 5.76 Å². The molecule has 0 aromatic heterocycles. The Balaban J connectivity index is 2.91. The summed E-state index contributed by atoms with van der Waals surface area (Å²) in [7, 11) is 3.32. The van der Waals surface area contributed by atoms with E-state index in [4.69, 9.17) is 9.47 Å². The van der Waals surface area contributed by atoms with Crippen molar-refractivity contribution in [2.75, 3.05) is 14.2 Å². The summed E-state index contributed by atoms with van der Waals surface area (Å²) < 4.78 is 10.2. The zero-order chi connectivity index (χ0) is 9.68. The lowest BCUT2D eigenvalue weighted by Gasteiger charge is -2.06. The van der Waals surface area contributed by atoms with Crippen LogP contribution in [0, 0.1) is 0 Å². The summed E-state index contributed by atoms with van der Waals surface area (Å²) in [6, 6.07) is 7.77. The lowest BCUT2D eigenvalue weighted by atomic mass is 10.2. The maximum atomic E-state index is 5.18. The van der Waals surface area contributed by atoms with Crippen molar-refractivity contribution in [3.8, 4) is 5.75 Å². The smallest absolute Gasteiger partial charge is 0.121 e. The molecule has 0 aliphatic rings. The molecule has 0 fully saturated rings. The fourth-order valence-electron chi connectivity index (χ4n) is 1.16. The Kier molecular flexibility index (Phi) is 3.38. The topological polar surface area (TPSA) is 18.5 Å². The molecule has 0 heterocycles. The predicted molar refractivity (Wildman–Crippen MR) is 53.7 cm³/mol. The van der Waals surface area contributed by atoms with Crippen molar-refractivity contribution in [1.29, 1.82) is 0 Å². The zero-order valence-electron chi connectivity index (χ0n) is 8.20. The van der Waals surface area contributed by atoms with Crippen molar-refractivity contribution in [3.05, 3.63) is 35.9 Å². The van der Waals surface area contributed by atoms with E-state index < -0.39 is 0 Å². The molecule has 0 aliphatic heterocycles. The number of ether oxygens (including phenoxy) is 2. The summed E-state index contributed by atoms with van der Waals surface area (Å²) in [5.41, 5.74) is 1.06. The molecule has 13 heavy (non-hydrogen) atoms. The summed E-state index contributed by atoms with van der Waals surface area (Å²) >= 11 is 0. The first-order valence-corrected chi connectivity index (χ1v) is 4.16. The van der Waals surface area contributed by atoms with E-state index in [0.29, 0.717) is 0 Å². The summed E-state index contributed by atoms with van der Waals surface area (Å²) in [6.45, 7) is 1.95. The molecule has 0 saturated carbocycles. The van der Waals surface area contributed by atoms with Gasteiger partial charge in [0.2, 0.25) is 0 Å². The Bertz CT molecular complexity index is 285. The van der Waals surface area contributed by atoms with Crippen molar-refractivity contribution in [2.45, 2.75) is 6.92 Å². The minimum Gasteiger partial charge on any atom is -0.497 e. The van der Waals surface area contributed by atoms with E-state index >= 15 is 0 Å². The monoisotopic (exact) mass is 178 g/mol. The fraction of sp³-hybridized carbons (Fsp3) is 0.273. The van der Waals surface area contributed by atoms with Crippen LogP contribution in [0.1, 0.15) is 12.5 Å². The number of allylic oxidation sites excluding steroid dienone is 1. The van der Waals surface area contributed by atoms with Crippen LogP contribution in [0.5, 0.6) is 5.75 Å². The largest absolute Gasteiger partial charge is 0.497 e. The molecule has 0 bridgehead atoms. The molecule has 1 aromatic carbocycles. The van der Waals surface area contributed by atoms with Gasteiger partial charge in [-0.15, -0.1) is 0 Å². The molecule has 0 amide bonds. The fourth-order valence-corrected chi connectivity index (χ4v) is 1.16. The number of benzene rings is 1. The minimum atomic E-state index is 0.857. The van der Waals surface area contributed by atoms with Crippen molar-refractivity contribution >= 4 is 5.76 Å². The van der Waals surface area contributed by atoms with E-state index in [0.717, 1.165) is 17.1 Å². The van der Waals surface area contributed by atoms with Gasteiger partial charge in [0.25, 0.3) is 0 Å². The molecular formula is C11H14O2. The summed E-state index contributed by atoms with van der Waals surface area (Å²) in [4.78, 5) is 0. The maximum absolute atomic E-state index is 5.18. The molecule has 1 rings (SSSR count). The number of methoxy groups -OCH3 is 2. The Hall–Kier alpha value is -1.44. The Labute approximate surface area is 78.8 Å². The van der Waals surface area contributed by atoms with E-state index in [1.54, 1.807) is 14.2 Å². The van der Waals surface area contributed by atoms with Gasteiger partial charge in [-0.1, -0.05) is 0 Å². The van der Waals surface area contributed by atoms with Gasteiger partial charge in [0.15, 0.2) is 0 Å². The zero-order valence-corrected chi connectivity index (χ0v) is 8.20. The predicted octanol–water partition coefficient (Wildman–Crippen LogP) is 2.70. The van der Waals surface area contributed by atoms with Gasteiger partial charge in [0.1, 0.15) is 11.5 Å². The van der Waals surface area contributed by atoms with Crippen molar-refractivity contribution < 1.29 is 9.47 Å². The molecule has 0 atom stereocenters. The van der Waals surface area contributed by atoms with Gasteiger partial charge >= 0.3 is 0 Å². The molecule has 0 radical (unpaired) electrons. The van der Waals surface area contributed by atoms with Gasteiger partial charge in [-0.2, -0.15) is 0 Å². The van der Waals surface area contributed by atoms with Crippen LogP contribution in [-0.2, 0) is 4.74 Å². The Morgan fingerprint density at radius 1 is 1.15 bits per heavy atom. The molecule has 2 nitrogen and oxygen atoms in total. The normalized spacial score (nSPS) is 11.2. The van der Waals surface area contributed by atoms with Crippen LogP contribution in [0.4, 0.5) is 0 Å². The molecule has 0 unspecified atom stereocenters. The van der Waals surface area contributed by atoms with Gasteiger partial charge in [-0.05, 0) is 37.3 Å². The lowest BCUT2D eigenvalue weighted by Crippen LogP contribution is -1.87. The first-order valence-electron chi connectivity index (χ1n) is 4.16. The maximum Gasteiger partial charge on any atom is 0.121 e. The highest BCUT2D eigenvalue weighted by molar-refractivity contribution is 5.59. The molecule has 2 heteroatoms. The third kappa shape index (κ3) is 2.25. The van der Waals surface area contributed by atoms with Gasteiger partial charge in [0, 0.05) is 5.56 Å². The second-order valence-electron chi connectivity index (χ2n) is 2.59. The molecule has 0 N–H and O–H groups in total. The van der Waals surface area contributed by atoms with Crippen LogP contribution >= 0.6 is 0 Å². The van der Waals surface area contributed by atoms with Gasteiger partial charge in [0.05, 0.1) is 14.2 Å². The van der Waals surface area contributed by atoms with Crippen molar-refractivity contribution in [3.63, 3.8) is 0 Å². The first kappa shape index (κ1) is 9.65. The average molecular weight is 178 g/mol. The quantitative estimate of drug-likeness (QED) is 0.662. The third-order valence-electron chi connectivity index (χ3n) is 1.86. The van der Waals surface area contributed by atoms with Gasteiger partial charge in [-0.3, -0.25) is 0 Å². The Morgan fingerprint density at radius 3 is 2.15 bits per heavy atom. The van der Waals surface area contributed by atoms with Crippen LogP contribution < -0.4 is 4.74 Å². The highest BCUT2D eigenvalue weighted by atomic mass is 16.5. The standard InChI is InChI=1S/C11H14O2/c1-4-11(13-3)9-5-7-10(12-2)8-6-9/h4-8H,1-3H3/b11-4-.